The highest BCUT2D eigenvalue weighted by atomic mass is 32.2. The Hall–Kier alpha value is -1.36. The Kier molecular flexibility index (Phi) is 4.90. The molecule has 0 radical (unpaired) electrons. The molecule has 0 saturated heterocycles. The average molecular weight is 337 g/mol. The number of nitrogens with one attached hydrogen (secondary N) is 1. The van der Waals surface area contributed by atoms with Gasteiger partial charge in [0.25, 0.3) is 10.0 Å². The van der Waals surface area contributed by atoms with Gasteiger partial charge in [-0.05, 0) is 43.7 Å². The second kappa shape index (κ2) is 6.27. The summed E-state index contributed by atoms with van der Waals surface area (Å²) in [7, 11) is -3.61. The standard InChI is InChI=1S/C18H28N2O2S/c1-14-9-11-15(12-10-14)23(21,22)20-19-16-8-6-7-13-18(16,5)17(2,3)4/h9-12,20H,6-8,13H2,1-5H3/b19-16-. The Morgan fingerprint density at radius 3 is 2.30 bits per heavy atom. The van der Waals surface area contributed by atoms with E-state index in [1.807, 2.05) is 6.92 Å². The third-order valence-electron chi connectivity index (χ3n) is 5.26. The molecule has 1 fully saturated rings. The van der Waals surface area contributed by atoms with Gasteiger partial charge in [-0.25, -0.2) is 4.83 Å². The van der Waals surface area contributed by atoms with Crippen molar-refractivity contribution in [1.82, 2.24) is 4.83 Å². The van der Waals surface area contributed by atoms with E-state index in [0.717, 1.165) is 37.0 Å². The molecule has 0 bridgehead atoms. The molecule has 1 saturated carbocycles. The molecule has 0 heterocycles. The third kappa shape index (κ3) is 3.77. The number of nitrogens with zero attached hydrogens (tertiary/aromatic N) is 1. The van der Waals surface area contributed by atoms with Gasteiger partial charge in [-0.15, -0.1) is 0 Å². The summed E-state index contributed by atoms with van der Waals surface area (Å²) in [4.78, 5) is 2.70. The van der Waals surface area contributed by atoms with Crippen LogP contribution < -0.4 is 4.83 Å². The first-order valence-corrected chi connectivity index (χ1v) is 9.70. The zero-order valence-corrected chi connectivity index (χ0v) is 15.6. The van der Waals surface area contributed by atoms with Crippen LogP contribution in [0.1, 0.15) is 58.9 Å². The highest BCUT2D eigenvalue weighted by Crippen LogP contribution is 2.47. The second-order valence-electron chi connectivity index (χ2n) is 7.76. The number of aryl methyl sites for hydroxylation is 1. The minimum atomic E-state index is -3.61. The molecule has 4 nitrogen and oxygen atoms in total. The molecule has 1 aromatic carbocycles. The van der Waals surface area contributed by atoms with Crippen LogP contribution in [-0.2, 0) is 10.0 Å². The molecule has 5 heteroatoms. The SMILES string of the molecule is Cc1ccc(S(=O)(=O)N/N=C2/CCCCC2(C)C(C)(C)C)cc1. The van der Waals surface area contributed by atoms with E-state index in [2.05, 4.69) is 37.6 Å². The fourth-order valence-electron chi connectivity index (χ4n) is 3.06. The number of hydrogen-bond acceptors (Lipinski definition) is 3. The second-order valence-corrected chi connectivity index (χ2v) is 9.42. The highest BCUT2D eigenvalue weighted by Gasteiger charge is 2.43. The molecule has 23 heavy (non-hydrogen) atoms. The van der Waals surface area contributed by atoms with Gasteiger partial charge < -0.3 is 0 Å². The number of hydrogen-bond donors (Lipinski definition) is 1. The van der Waals surface area contributed by atoms with Gasteiger partial charge in [0.15, 0.2) is 0 Å². The maximum absolute atomic E-state index is 12.4. The van der Waals surface area contributed by atoms with Gasteiger partial charge in [-0.3, -0.25) is 0 Å². The van der Waals surface area contributed by atoms with E-state index >= 15 is 0 Å². The predicted octanol–water partition coefficient (Wildman–Crippen LogP) is 4.26. The van der Waals surface area contributed by atoms with Gasteiger partial charge in [0.05, 0.1) is 4.90 Å². The van der Waals surface area contributed by atoms with E-state index in [1.165, 1.54) is 0 Å². The summed E-state index contributed by atoms with van der Waals surface area (Å²) >= 11 is 0. The molecule has 0 aliphatic heterocycles. The van der Waals surface area contributed by atoms with Crippen molar-refractivity contribution in [1.29, 1.82) is 0 Å². The molecule has 0 aromatic heterocycles. The molecule has 2 rings (SSSR count). The van der Waals surface area contributed by atoms with E-state index in [1.54, 1.807) is 24.3 Å². The summed E-state index contributed by atoms with van der Waals surface area (Å²) in [6, 6.07) is 6.81. The summed E-state index contributed by atoms with van der Waals surface area (Å²) in [6.07, 6.45) is 4.13. The van der Waals surface area contributed by atoms with Crippen molar-refractivity contribution in [3.8, 4) is 0 Å². The maximum Gasteiger partial charge on any atom is 0.276 e. The number of sulfonamides is 1. The van der Waals surface area contributed by atoms with Crippen molar-refractivity contribution in [2.24, 2.45) is 15.9 Å². The van der Waals surface area contributed by atoms with Crippen LogP contribution in [0, 0.1) is 17.8 Å². The quantitative estimate of drug-likeness (QED) is 0.839. The van der Waals surface area contributed by atoms with Gasteiger partial charge in [0, 0.05) is 11.1 Å². The van der Waals surface area contributed by atoms with Crippen LogP contribution in [0.3, 0.4) is 0 Å². The zero-order chi connectivity index (χ0) is 17.3. The van der Waals surface area contributed by atoms with Crippen LogP contribution in [-0.4, -0.2) is 14.1 Å². The van der Waals surface area contributed by atoms with E-state index in [4.69, 9.17) is 0 Å². The summed E-state index contributed by atoms with van der Waals surface area (Å²) < 4.78 is 24.9. The first-order chi connectivity index (χ1) is 10.6. The van der Waals surface area contributed by atoms with Gasteiger partial charge in [-0.2, -0.15) is 13.5 Å². The molecule has 128 valence electrons. The first kappa shape index (κ1) is 18.0. The molecule has 0 spiro atoms. The molecule has 1 aliphatic rings. The minimum Gasteiger partial charge on any atom is -0.200 e. The van der Waals surface area contributed by atoms with E-state index in [-0.39, 0.29) is 15.7 Å². The highest BCUT2D eigenvalue weighted by molar-refractivity contribution is 7.89. The van der Waals surface area contributed by atoms with Gasteiger partial charge >= 0.3 is 0 Å². The van der Waals surface area contributed by atoms with Crippen LogP contribution in [0.4, 0.5) is 0 Å². The van der Waals surface area contributed by atoms with Crippen molar-refractivity contribution in [2.75, 3.05) is 0 Å². The minimum absolute atomic E-state index is 0.0432. The smallest absolute Gasteiger partial charge is 0.200 e. The van der Waals surface area contributed by atoms with Crippen molar-refractivity contribution < 1.29 is 8.42 Å². The lowest BCUT2D eigenvalue weighted by molar-refractivity contribution is 0.160. The number of benzene rings is 1. The lowest BCUT2D eigenvalue weighted by Crippen LogP contribution is -2.43. The van der Waals surface area contributed by atoms with Crippen LogP contribution in [0.5, 0.6) is 0 Å². The lowest BCUT2D eigenvalue weighted by Gasteiger charge is -2.45. The molecular weight excluding hydrogens is 308 g/mol. The molecule has 0 amide bonds. The van der Waals surface area contributed by atoms with Crippen molar-refractivity contribution in [3.05, 3.63) is 29.8 Å². The summed E-state index contributed by atoms with van der Waals surface area (Å²) in [6.45, 7) is 10.7. The monoisotopic (exact) mass is 336 g/mol. The van der Waals surface area contributed by atoms with Gasteiger partial charge in [0.1, 0.15) is 0 Å². The molecule has 1 aromatic rings. The fraction of sp³-hybridized carbons (Fsp3) is 0.611. The Labute approximate surface area is 140 Å². The van der Waals surface area contributed by atoms with Crippen LogP contribution in [0.25, 0.3) is 0 Å². The largest absolute Gasteiger partial charge is 0.276 e. The fourth-order valence-corrected chi connectivity index (χ4v) is 3.89. The van der Waals surface area contributed by atoms with Crippen molar-refractivity contribution in [2.45, 2.75) is 65.2 Å². The number of hydrazone groups is 1. The first-order valence-electron chi connectivity index (χ1n) is 8.22. The topological polar surface area (TPSA) is 58.5 Å². The van der Waals surface area contributed by atoms with Crippen LogP contribution in [0.2, 0.25) is 0 Å². The predicted molar refractivity (Wildman–Crippen MR) is 95.0 cm³/mol. The van der Waals surface area contributed by atoms with E-state index < -0.39 is 10.0 Å². The van der Waals surface area contributed by atoms with Crippen LogP contribution >= 0.6 is 0 Å². The summed E-state index contributed by atoms with van der Waals surface area (Å²) in [5, 5.41) is 4.35. The molecular formula is C18H28N2O2S. The summed E-state index contributed by atoms with van der Waals surface area (Å²) in [5.74, 6) is 0. The van der Waals surface area contributed by atoms with Crippen molar-refractivity contribution in [3.63, 3.8) is 0 Å². The van der Waals surface area contributed by atoms with Gasteiger partial charge in [0.2, 0.25) is 0 Å². The van der Waals surface area contributed by atoms with Crippen LogP contribution in [0.15, 0.2) is 34.3 Å². The van der Waals surface area contributed by atoms with E-state index in [0.29, 0.717) is 0 Å². The third-order valence-corrected chi connectivity index (χ3v) is 6.49. The average Bonchev–Trinajstić information content (AvgIpc) is 2.46. The lowest BCUT2D eigenvalue weighted by atomic mass is 9.59. The van der Waals surface area contributed by atoms with Crippen molar-refractivity contribution >= 4 is 15.7 Å². The molecule has 1 N–H and O–H groups in total. The molecule has 1 atom stereocenters. The Bertz CT molecular complexity index is 685. The summed E-state index contributed by atoms with van der Waals surface area (Å²) in [5.41, 5.74) is 1.96. The maximum atomic E-state index is 12.4. The Morgan fingerprint density at radius 2 is 1.74 bits per heavy atom. The van der Waals surface area contributed by atoms with Gasteiger partial charge in [-0.1, -0.05) is 51.8 Å². The number of rotatable bonds is 3. The molecule has 1 unspecified atom stereocenters. The Morgan fingerprint density at radius 1 is 1.13 bits per heavy atom. The molecule has 1 aliphatic carbocycles. The Balaban J connectivity index is 2.28. The normalized spacial score (nSPS) is 24.7. The zero-order valence-electron chi connectivity index (χ0n) is 14.8. The van der Waals surface area contributed by atoms with E-state index in [9.17, 15) is 8.42 Å².